The molecule has 3 aromatic rings. The summed E-state index contributed by atoms with van der Waals surface area (Å²) in [6.45, 7) is 0. The summed E-state index contributed by atoms with van der Waals surface area (Å²) in [4.78, 5) is 25.6. The van der Waals surface area contributed by atoms with Crippen LogP contribution in [0.2, 0.25) is 0 Å². The van der Waals surface area contributed by atoms with Gasteiger partial charge in [0.15, 0.2) is 17.4 Å². The summed E-state index contributed by atoms with van der Waals surface area (Å²) in [6, 6.07) is 15.1. The standard InChI is InChI=1S/C23H17F2NO2/c24-20-11-9-16(13-21(20)25)22(27)18-6-1-2-7-19(18)23(28)26-17-10-8-14-4-3-5-15(14)12-17/h1-2,6-13H,3-5H2,(H,26,28). The Labute approximate surface area is 161 Å². The molecular weight excluding hydrogens is 360 g/mol. The van der Waals surface area contributed by atoms with Gasteiger partial charge in [-0.15, -0.1) is 0 Å². The van der Waals surface area contributed by atoms with Gasteiger partial charge in [-0.25, -0.2) is 8.78 Å². The van der Waals surface area contributed by atoms with E-state index in [0.717, 1.165) is 31.4 Å². The van der Waals surface area contributed by atoms with Gasteiger partial charge in [0.1, 0.15) is 0 Å². The predicted octanol–water partition coefficient (Wildman–Crippen LogP) is 4.94. The van der Waals surface area contributed by atoms with Crippen LogP contribution in [0.1, 0.15) is 43.8 Å². The molecular formula is C23H17F2NO2. The first-order valence-electron chi connectivity index (χ1n) is 9.05. The lowest BCUT2D eigenvalue weighted by Crippen LogP contribution is -2.17. The van der Waals surface area contributed by atoms with Crippen LogP contribution in [0.3, 0.4) is 0 Å². The summed E-state index contributed by atoms with van der Waals surface area (Å²) in [5.74, 6) is -3.10. The minimum atomic E-state index is -1.11. The molecule has 0 unspecified atom stereocenters. The fraction of sp³-hybridized carbons (Fsp3) is 0.130. The fourth-order valence-electron chi connectivity index (χ4n) is 3.52. The maximum atomic E-state index is 13.5. The molecule has 0 saturated heterocycles. The predicted molar refractivity (Wildman–Crippen MR) is 103 cm³/mol. The number of rotatable bonds is 4. The molecule has 140 valence electrons. The van der Waals surface area contributed by atoms with Crippen molar-refractivity contribution in [2.75, 3.05) is 5.32 Å². The number of hydrogen-bond donors (Lipinski definition) is 1. The smallest absolute Gasteiger partial charge is 0.256 e. The van der Waals surface area contributed by atoms with Gasteiger partial charge in [-0.3, -0.25) is 9.59 Å². The van der Waals surface area contributed by atoms with Crippen molar-refractivity contribution in [2.45, 2.75) is 19.3 Å². The van der Waals surface area contributed by atoms with Gasteiger partial charge in [0.25, 0.3) is 5.91 Å². The van der Waals surface area contributed by atoms with E-state index in [9.17, 15) is 18.4 Å². The molecule has 0 bridgehead atoms. The van der Waals surface area contributed by atoms with Crippen LogP contribution in [0.4, 0.5) is 14.5 Å². The van der Waals surface area contributed by atoms with E-state index in [0.29, 0.717) is 5.69 Å². The minimum Gasteiger partial charge on any atom is -0.322 e. The summed E-state index contributed by atoms with van der Waals surface area (Å²) in [5, 5.41) is 2.83. The van der Waals surface area contributed by atoms with E-state index in [1.165, 1.54) is 29.3 Å². The van der Waals surface area contributed by atoms with Crippen molar-refractivity contribution in [3.05, 3.63) is 100 Å². The molecule has 1 aliphatic rings. The van der Waals surface area contributed by atoms with Gasteiger partial charge in [0.2, 0.25) is 0 Å². The summed E-state index contributed by atoms with van der Waals surface area (Å²) >= 11 is 0. The van der Waals surface area contributed by atoms with Gasteiger partial charge < -0.3 is 5.32 Å². The fourth-order valence-corrected chi connectivity index (χ4v) is 3.52. The second-order valence-electron chi connectivity index (χ2n) is 6.79. The van der Waals surface area contributed by atoms with Crippen LogP contribution >= 0.6 is 0 Å². The largest absolute Gasteiger partial charge is 0.322 e. The Hall–Kier alpha value is -3.34. The molecule has 1 aliphatic carbocycles. The van der Waals surface area contributed by atoms with E-state index in [4.69, 9.17) is 0 Å². The third-order valence-electron chi connectivity index (χ3n) is 4.95. The Kier molecular flexibility index (Phi) is 4.74. The second kappa shape index (κ2) is 7.35. The van der Waals surface area contributed by atoms with E-state index in [1.807, 2.05) is 18.2 Å². The number of hydrogen-bond acceptors (Lipinski definition) is 2. The van der Waals surface area contributed by atoms with E-state index in [1.54, 1.807) is 12.1 Å². The van der Waals surface area contributed by atoms with E-state index in [-0.39, 0.29) is 16.7 Å². The summed E-state index contributed by atoms with van der Waals surface area (Å²) in [5.41, 5.74) is 3.48. The van der Waals surface area contributed by atoms with Gasteiger partial charge in [-0.2, -0.15) is 0 Å². The monoisotopic (exact) mass is 377 g/mol. The van der Waals surface area contributed by atoms with Gasteiger partial charge in [0.05, 0.1) is 5.56 Å². The molecule has 0 spiro atoms. The lowest BCUT2D eigenvalue weighted by Gasteiger charge is -2.11. The Morgan fingerprint density at radius 2 is 1.54 bits per heavy atom. The highest BCUT2D eigenvalue weighted by molar-refractivity contribution is 6.17. The normalized spacial score (nSPS) is 12.5. The van der Waals surface area contributed by atoms with Crippen LogP contribution in [-0.2, 0) is 12.8 Å². The SMILES string of the molecule is O=C(Nc1ccc2c(c1)CCC2)c1ccccc1C(=O)c1ccc(F)c(F)c1. The number of benzene rings is 3. The zero-order chi connectivity index (χ0) is 19.7. The molecule has 0 aliphatic heterocycles. The Balaban J connectivity index is 1.62. The molecule has 28 heavy (non-hydrogen) atoms. The minimum absolute atomic E-state index is 0.0170. The van der Waals surface area contributed by atoms with Gasteiger partial charge in [-0.1, -0.05) is 24.3 Å². The maximum Gasteiger partial charge on any atom is 0.256 e. The molecule has 3 nitrogen and oxygen atoms in total. The van der Waals surface area contributed by atoms with Gasteiger partial charge >= 0.3 is 0 Å². The number of amides is 1. The van der Waals surface area contributed by atoms with Crippen LogP contribution in [0.5, 0.6) is 0 Å². The van der Waals surface area contributed by atoms with E-state index >= 15 is 0 Å². The third kappa shape index (κ3) is 3.43. The summed E-state index contributed by atoms with van der Waals surface area (Å²) < 4.78 is 26.7. The van der Waals surface area contributed by atoms with Crippen molar-refractivity contribution in [3.63, 3.8) is 0 Å². The van der Waals surface area contributed by atoms with Crippen LogP contribution in [0, 0.1) is 11.6 Å². The quantitative estimate of drug-likeness (QED) is 0.655. The molecule has 0 atom stereocenters. The molecule has 0 fully saturated rings. The first-order valence-corrected chi connectivity index (χ1v) is 9.05. The first-order chi connectivity index (χ1) is 13.5. The Morgan fingerprint density at radius 3 is 2.32 bits per heavy atom. The zero-order valence-electron chi connectivity index (χ0n) is 15.0. The average molecular weight is 377 g/mol. The highest BCUT2D eigenvalue weighted by Crippen LogP contribution is 2.25. The molecule has 1 N–H and O–H groups in total. The highest BCUT2D eigenvalue weighted by Gasteiger charge is 2.20. The molecule has 5 heteroatoms. The van der Waals surface area contributed by atoms with Crippen molar-refractivity contribution < 1.29 is 18.4 Å². The number of aryl methyl sites for hydroxylation is 2. The molecule has 0 aromatic heterocycles. The summed E-state index contributed by atoms with van der Waals surface area (Å²) in [6.07, 6.45) is 3.15. The summed E-state index contributed by atoms with van der Waals surface area (Å²) in [7, 11) is 0. The third-order valence-corrected chi connectivity index (χ3v) is 4.95. The number of ketones is 1. The van der Waals surface area contributed by atoms with E-state index < -0.39 is 23.3 Å². The molecule has 1 amide bonds. The Morgan fingerprint density at radius 1 is 0.786 bits per heavy atom. The topological polar surface area (TPSA) is 46.2 Å². The molecule has 0 radical (unpaired) electrons. The highest BCUT2D eigenvalue weighted by atomic mass is 19.2. The molecule has 4 rings (SSSR count). The Bertz CT molecular complexity index is 1090. The van der Waals surface area contributed by atoms with Crippen molar-refractivity contribution in [1.82, 2.24) is 0 Å². The number of anilines is 1. The van der Waals surface area contributed by atoms with Crippen LogP contribution < -0.4 is 5.32 Å². The van der Waals surface area contributed by atoms with Crippen molar-refractivity contribution in [3.8, 4) is 0 Å². The lowest BCUT2D eigenvalue weighted by atomic mass is 9.97. The number of nitrogens with one attached hydrogen (secondary N) is 1. The zero-order valence-corrected chi connectivity index (χ0v) is 15.0. The number of carbonyl (C=O) groups excluding carboxylic acids is 2. The molecule has 0 heterocycles. The number of carbonyl (C=O) groups is 2. The van der Waals surface area contributed by atoms with Crippen LogP contribution in [-0.4, -0.2) is 11.7 Å². The lowest BCUT2D eigenvalue weighted by molar-refractivity contribution is 0.0996. The van der Waals surface area contributed by atoms with Crippen molar-refractivity contribution in [2.24, 2.45) is 0 Å². The molecule has 0 saturated carbocycles. The first kappa shape index (κ1) is 18.0. The van der Waals surface area contributed by atoms with Gasteiger partial charge in [-0.05, 0) is 66.8 Å². The molecule has 3 aromatic carbocycles. The maximum absolute atomic E-state index is 13.5. The van der Waals surface area contributed by atoms with Crippen LogP contribution in [0.25, 0.3) is 0 Å². The van der Waals surface area contributed by atoms with Gasteiger partial charge in [0, 0.05) is 16.8 Å². The number of halogens is 2. The van der Waals surface area contributed by atoms with Crippen molar-refractivity contribution in [1.29, 1.82) is 0 Å². The number of fused-ring (bicyclic) bond motifs is 1. The second-order valence-corrected chi connectivity index (χ2v) is 6.79. The van der Waals surface area contributed by atoms with Crippen molar-refractivity contribution >= 4 is 17.4 Å². The van der Waals surface area contributed by atoms with E-state index in [2.05, 4.69) is 5.32 Å². The van der Waals surface area contributed by atoms with Crippen LogP contribution in [0.15, 0.2) is 60.7 Å². The average Bonchev–Trinajstić information content (AvgIpc) is 3.17.